The molecule has 0 aromatic rings. The molecular formula is C12H21NO4. The maximum Gasteiger partial charge on any atom is 0.307 e. The lowest BCUT2D eigenvalue weighted by Gasteiger charge is -2.15. The molecule has 0 aromatic carbocycles. The standard InChI is InChI=1S/C12H21NO4/c1-8-6-9(10(7-8)12(15)16)11(14)13-4-3-5-17-2/h8-10H,3-7H2,1-2H3,(H,13,14)(H,15,16). The van der Waals surface area contributed by atoms with Crippen molar-refractivity contribution in [1.82, 2.24) is 5.32 Å². The van der Waals surface area contributed by atoms with E-state index in [4.69, 9.17) is 9.84 Å². The monoisotopic (exact) mass is 243 g/mol. The predicted octanol–water partition coefficient (Wildman–Crippen LogP) is 0.886. The highest BCUT2D eigenvalue weighted by Crippen LogP contribution is 2.36. The average molecular weight is 243 g/mol. The Morgan fingerprint density at radius 1 is 1.35 bits per heavy atom. The second-order valence-corrected chi connectivity index (χ2v) is 4.77. The zero-order chi connectivity index (χ0) is 12.8. The smallest absolute Gasteiger partial charge is 0.307 e. The topological polar surface area (TPSA) is 75.6 Å². The maximum absolute atomic E-state index is 11.9. The third-order valence-electron chi connectivity index (χ3n) is 3.28. The first-order valence-electron chi connectivity index (χ1n) is 6.05. The summed E-state index contributed by atoms with van der Waals surface area (Å²) < 4.78 is 4.88. The molecule has 0 radical (unpaired) electrons. The van der Waals surface area contributed by atoms with Crippen LogP contribution in [0.15, 0.2) is 0 Å². The number of amides is 1. The van der Waals surface area contributed by atoms with Gasteiger partial charge in [-0.3, -0.25) is 9.59 Å². The van der Waals surface area contributed by atoms with Crippen molar-refractivity contribution in [3.63, 3.8) is 0 Å². The van der Waals surface area contributed by atoms with Crippen LogP contribution in [0.3, 0.4) is 0 Å². The third-order valence-corrected chi connectivity index (χ3v) is 3.28. The SMILES string of the molecule is COCCCNC(=O)C1CC(C)CC1C(=O)O. The molecule has 1 amide bonds. The number of nitrogens with one attached hydrogen (secondary N) is 1. The first-order chi connectivity index (χ1) is 8.06. The van der Waals surface area contributed by atoms with E-state index in [-0.39, 0.29) is 11.8 Å². The molecule has 0 aliphatic heterocycles. The van der Waals surface area contributed by atoms with Crippen LogP contribution in [0.25, 0.3) is 0 Å². The molecular weight excluding hydrogens is 222 g/mol. The molecule has 3 atom stereocenters. The third kappa shape index (κ3) is 4.00. The van der Waals surface area contributed by atoms with Gasteiger partial charge in [0, 0.05) is 20.3 Å². The minimum atomic E-state index is -0.855. The van der Waals surface area contributed by atoms with Crippen molar-refractivity contribution < 1.29 is 19.4 Å². The molecule has 5 heteroatoms. The van der Waals surface area contributed by atoms with E-state index in [2.05, 4.69) is 5.32 Å². The molecule has 1 fully saturated rings. The molecule has 1 aliphatic rings. The number of carboxylic acids is 1. The van der Waals surface area contributed by atoms with Gasteiger partial charge in [0.05, 0.1) is 11.8 Å². The number of methoxy groups -OCH3 is 1. The van der Waals surface area contributed by atoms with Crippen molar-refractivity contribution in [3.05, 3.63) is 0 Å². The van der Waals surface area contributed by atoms with E-state index in [0.29, 0.717) is 31.9 Å². The molecule has 0 spiro atoms. The quantitative estimate of drug-likeness (QED) is 0.679. The largest absolute Gasteiger partial charge is 0.481 e. The van der Waals surface area contributed by atoms with Crippen molar-refractivity contribution >= 4 is 11.9 Å². The summed E-state index contributed by atoms with van der Waals surface area (Å²) in [5.74, 6) is -1.56. The maximum atomic E-state index is 11.9. The van der Waals surface area contributed by atoms with Crippen molar-refractivity contribution in [2.45, 2.75) is 26.2 Å². The fourth-order valence-corrected chi connectivity index (χ4v) is 2.41. The van der Waals surface area contributed by atoms with E-state index >= 15 is 0 Å². The van der Waals surface area contributed by atoms with Gasteiger partial charge in [-0.2, -0.15) is 0 Å². The van der Waals surface area contributed by atoms with Crippen LogP contribution >= 0.6 is 0 Å². The number of carboxylic acid groups (broad SMARTS) is 1. The van der Waals surface area contributed by atoms with Crippen LogP contribution < -0.4 is 5.32 Å². The highest BCUT2D eigenvalue weighted by molar-refractivity contribution is 5.85. The van der Waals surface area contributed by atoms with Gasteiger partial charge in [-0.1, -0.05) is 6.92 Å². The summed E-state index contributed by atoms with van der Waals surface area (Å²) in [6.45, 7) is 3.14. The predicted molar refractivity (Wildman–Crippen MR) is 62.5 cm³/mol. The molecule has 3 unspecified atom stereocenters. The Labute approximate surface area is 102 Å². The van der Waals surface area contributed by atoms with Crippen LogP contribution in [0.4, 0.5) is 0 Å². The highest BCUT2D eigenvalue weighted by Gasteiger charge is 2.40. The van der Waals surface area contributed by atoms with Gasteiger partial charge in [-0.05, 0) is 25.2 Å². The Morgan fingerprint density at radius 3 is 2.59 bits per heavy atom. The molecule has 2 N–H and O–H groups in total. The molecule has 5 nitrogen and oxygen atoms in total. The first-order valence-corrected chi connectivity index (χ1v) is 6.05. The van der Waals surface area contributed by atoms with Gasteiger partial charge in [-0.25, -0.2) is 0 Å². The molecule has 98 valence electrons. The van der Waals surface area contributed by atoms with E-state index in [0.717, 1.165) is 6.42 Å². The van der Waals surface area contributed by atoms with Crippen molar-refractivity contribution in [2.24, 2.45) is 17.8 Å². The molecule has 1 saturated carbocycles. The minimum absolute atomic E-state index is 0.127. The highest BCUT2D eigenvalue weighted by atomic mass is 16.5. The number of rotatable bonds is 6. The zero-order valence-corrected chi connectivity index (χ0v) is 10.4. The summed E-state index contributed by atoms with van der Waals surface area (Å²) in [4.78, 5) is 22.9. The summed E-state index contributed by atoms with van der Waals surface area (Å²) in [6.07, 6.45) is 2.03. The van der Waals surface area contributed by atoms with Gasteiger partial charge < -0.3 is 15.2 Å². The Hall–Kier alpha value is -1.10. The molecule has 17 heavy (non-hydrogen) atoms. The Balaban J connectivity index is 2.41. The van der Waals surface area contributed by atoms with E-state index < -0.39 is 11.9 Å². The van der Waals surface area contributed by atoms with Crippen LogP contribution in [-0.4, -0.2) is 37.2 Å². The van der Waals surface area contributed by atoms with E-state index in [9.17, 15) is 9.59 Å². The summed E-state index contributed by atoms with van der Waals surface area (Å²) in [5.41, 5.74) is 0. The van der Waals surface area contributed by atoms with Crippen LogP contribution in [0.1, 0.15) is 26.2 Å². The van der Waals surface area contributed by atoms with Gasteiger partial charge in [-0.15, -0.1) is 0 Å². The van der Waals surface area contributed by atoms with Crippen LogP contribution in [0.2, 0.25) is 0 Å². The molecule has 0 heterocycles. The van der Waals surface area contributed by atoms with Gasteiger partial charge in [0.1, 0.15) is 0 Å². The second-order valence-electron chi connectivity index (χ2n) is 4.77. The van der Waals surface area contributed by atoms with E-state index in [1.165, 1.54) is 0 Å². The molecule has 0 aromatic heterocycles. The lowest BCUT2D eigenvalue weighted by atomic mass is 9.95. The summed E-state index contributed by atoms with van der Waals surface area (Å²) in [5, 5.41) is 11.8. The number of hydrogen-bond donors (Lipinski definition) is 2. The van der Waals surface area contributed by atoms with E-state index in [1.807, 2.05) is 6.92 Å². The minimum Gasteiger partial charge on any atom is -0.481 e. The normalized spacial score (nSPS) is 28.0. The van der Waals surface area contributed by atoms with Gasteiger partial charge in [0.2, 0.25) is 5.91 Å². The van der Waals surface area contributed by atoms with Crippen LogP contribution in [0, 0.1) is 17.8 Å². The average Bonchev–Trinajstić information content (AvgIpc) is 2.66. The fourth-order valence-electron chi connectivity index (χ4n) is 2.41. The molecule has 0 bridgehead atoms. The van der Waals surface area contributed by atoms with Gasteiger partial charge in [0.15, 0.2) is 0 Å². The Morgan fingerprint density at radius 2 is 2.00 bits per heavy atom. The van der Waals surface area contributed by atoms with Crippen molar-refractivity contribution in [3.8, 4) is 0 Å². The van der Waals surface area contributed by atoms with Crippen molar-refractivity contribution in [1.29, 1.82) is 0 Å². The Kier molecular flexibility index (Phi) is 5.41. The Bertz CT molecular complexity index is 280. The number of hydrogen-bond acceptors (Lipinski definition) is 3. The summed E-state index contributed by atoms with van der Waals surface area (Å²) in [6, 6.07) is 0. The van der Waals surface area contributed by atoms with Crippen LogP contribution in [-0.2, 0) is 14.3 Å². The van der Waals surface area contributed by atoms with Crippen LogP contribution in [0.5, 0.6) is 0 Å². The summed E-state index contributed by atoms with van der Waals surface area (Å²) in [7, 11) is 1.61. The number of aliphatic carboxylic acids is 1. The fraction of sp³-hybridized carbons (Fsp3) is 0.833. The second kappa shape index (κ2) is 6.59. The zero-order valence-electron chi connectivity index (χ0n) is 10.4. The lowest BCUT2D eigenvalue weighted by molar-refractivity contribution is -0.146. The van der Waals surface area contributed by atoms with Gasteiger partial charge in [0.25, 0.3) is 0 Å². The molecule has 0 saturated heterocycles. The van der Waals surface area contributed by atoms with Gasteiger partial charge >= 0.3 is 5.97 Å². The van der Waals surface area contributed by atoms with Crippen molar-refractivity contribution in [2.75, 3.05) is 20.3 Å². The molecule has 1 aliphatic carbocycles. The number of carbonyl (C=O) groups is 2. The van der Waals surface area contributed by atoms with E-state index in [1.54, 1.807) is 7.11 Å². The number of carbonyl (C=O) groups excluding carboxylic acids is 1. The first kappa shape index (κ1) is 14.0. The molecule has 1 rings (SSSR count). The number of ether oxygens (including phenoxy) is 1. The lowest BCUT2D eigenvalue weighted by Crippen LogP contribution is -2.36. The summed E-state index contributed by atoms with van der Waals surface area (Å²) >= 11 is 0.